The quantitative estimate of drug-likeness (QED) is 0.442. The van der Waals surface area contributed by atoms with Crippen molar-refractivity contribution in [1.29, 1.82) is 0 Å². The number of methoxy groups -OCH3 is 2. The maximum atomic E-state index is 12.8. The average molecular weight is 482 g/mol. The summed E-state index contributed by atoms with van der Waals surface area (Å²) in [5.74, 6) is -0.154. The molecule has 0 aliphatic carbocycles. The number of nitrogens with one attached hydrogen (secondary N) is 2. The van der Waals surface area contributed by atoms with Gasteiger partial charge in [0.1, 0.15) is 0 Å². The fourth-order valence-electron chi connectivity index (χ4n) is 3.25. The highest BCUT2D eigenvalue weighted by Gasteiger charge is 2.22. The fraction of sp³-hybridized carbons (Fsp3) is 0.208. The average Bonchev–Trinajstić information content (AvgIpc) is 3.57. The van der Waals surface area contributed by atoms with Gasteiger partial charge in [0, 0.05) is 18.7 Å². The van der Waals surface area contributed by atoms with Crippen molar-refractivity contribution in [2.24, 2.45) is 0 Å². The van der Waals surface area contributed by atoms with Crippen LogP contribution in [-0.4, -0.2) is 45.4 Å². The normalized spacial score (nSPS) is 11.5. The Kier molecular flexibility index (Phi) is 7.05. The van der Waals surface area contributed by atoms with Gasteiger partial charge < -0.3 is 38.7 Å². The Hall–Kier alpha value is -4.67. The second-order valence-corrected chi connectivity index (χ2v) is 7.22. The van der Waals surface area contributed by atoms with E-state index in [-0.39, 0.29) is 41.8 Å². The van der Waals surface area contributed by atoms with Crippen LogP contribution in [0.5, 0.6) is 23.0 Å². The lowest BCUT2D eigenvalue weighted by Crippen LogP contribution is -2.28. The van der Waals surface area contributed by atoms with Gasteiger partial charge in [-0.2, -0.15) is 0 Å². The van der Waals surface area contributed by atoms with Crippen molar-refractivity contribution in [2.45, 2.75) is 6.54 Å². The zero-order valence-corrected chi connectivity index (χ0v) is 18.9. The Labute approximate surface area is 199 Å². The van der Waals surface area contributed by atoms with Gasteiger partial charge in [0.2, 0.25) is 6.79 Å². The molecule has 11 heteroatoms. The molecule has 4 rings (SSSR count). The Bertz CT molecular complexity index is 1240. The minimum absolute atomic E-state index is 0.0360. The number of benzene rings is 2. The largest absolute Gasteiger partial charge is 0.493 e. The van der Waals surface area contributed by atoms with Crippen LogP contribution >= 0.6 is 0 Å². The molecule has 1 aromatic heterocycles. The number of furan rings is 1. The van der Waals surface area contributed by atoms with Crippen LogP contribution in [0.25, 0.3) is 0 Å². The van der Waals surface area contributed by atoms with Crippen LogP contribution in [-0.2, 0) is 16.1 Å². The first-order valence-electron chi connectivity index (χ1n) is 10.4. The monoisotopic (exact) mass is 482 g/mol. The number of carbonyl (C=O) groups excluding carboxylic acids is 3. The molecule has 2 heterocycles. The predicted octanol–water partition coefficient (Wildman–Crippen LogP) is 2.75. The number of fused-ring (bicyclic) bond motifs is 1. The third-order valence-corrected chi connectivity index (χ3v) is 5.00. The second kappa shape index (κ2) is 10.5. The minimum Gasteiger partial charge on any atom is -0.493 e. The van der Waals surface area contributed by atoms with Gasteiger partial charge in [-0.05, 0) is 29.8 Å². The Morgan fingerprint density at radius 2 is 1.74 bits per heavy atom. The van der Waals surface area contributed by atoms with Crippen LogP contribution in [0, 0.1) is 0 Å². The molecule has 11 nitrogen and oxygen atoms in total. The number of carbonyl (C=O) groups is 3. The smallest absolute Gasteiger partial charge is 0.340 e. The number of rotatable bonds is 9. The van der Waals surface area contributed by atoms with Crippen LogP contribution in [0.4, 0.5) is 5.69 Å². The lowest BCUT2D eigenvalue weighted by molar-refractivity contribution is -0.124. The summed E-state index contributed by atoms with van der Waals surface area (Å²) in [7, 11) is 2.82. The van der Waals surface area contributed by atoms with E-state index in [4.69, 9.17) is 28.1 Å². The summed E-state index contributed by atoms with van der Waals surface area (Å²) >= 11 is 0. The van der Waals surface area contributed by atoms with E-state index in [9.17, 15) is 14.4 Å². The van der Waals surface area contributed by atoms with Crippen molar-refractivity contribution in [3.63, 3.8) is 0 Å². The highest BCUT2D eigenvalue weighted by atomic mass is 16.7. The van der Waals surface area contributed by atoms with Gasteiger partial charge in [-0.15, -0.1) is 0 Å². The van der Waals surface area contributed by atoms with E-state index >= 15 is 0 Å². The summed E-state index contributed by atoms with van der Waals surface area (Å²) < 4.78 is 31.3. The summed E-state index contributed by atoms with van der Waals surface area (Å²) in [6.07, 6.45) is 1.35. The van der Waals surface area contributed by atoms with Crippen LogP contribution in [0.3, 0.4) is 0 Å². The topological polar surface area (TPSA) is 135 Å². The fourth-order valence-corrected chi connectivity index (χ4v) is 3.25. The molecular formula is C24H22N2O9. The van der Waals surface area contributed by atoms with E-state index in [2.05, 4.69) is 10.6 Å². The number of anilines is 1. The van der Waals surface area contributed by atoms with Gasteiger partial charge in [-0.25, -0.2) is 4.79 Å². The van der Waals surface area contributed by atoms with Gasteiger partial charge in [-0.1, -0.05) is 6.07 Å². The number of hydrogen-bond donors (Lipinski definition) is 2. The van der Waals surface area contributed by atoms with Crippen molar-refractivity contribution in [3.05, 3.63) is 65.6 Å². The zero-order chi connectivity index (χ0) is 24.8. The maximum Gasteiger partial charge on any atom is 0.340 e. The number of hydrogen-bond acceptors (Lipinski definition) is 9. The first-order valence-corrected chi connectivity index (χ1v) is 10.4. The van der Waals surface area contributed by atoms with E-state index in [0.717, 1.165) is 5.56 Å². The Morgan fingerprint density at radius 3 is 2.49 bits per heavy atom. The molecule has 0 unspecified atom stereocenters. The number of esters is 1. The van der Waals surface area contributed by atoms with Gasteiger partial charge in [0.25, 0.3) is 11.8 Å². The molecule has 182 valence electrons. The number of amides is 2. The van der Waals surface area contributed by atoms with E-state index in [1.807, 2.05) is 0 Å². The van der Waals surface area contributed by atoms with Crippen LogP contribution < -0.4 is 29.6 Å². The lowest BCUT2D eigenvalue weighted by Gasteiger charge is -2.15. The van der Waals surface area contributed by atoms with E-state index in [0.29, 0.717) is 11.5 Å². The van der Waals surface area contributed by atoms with Crippen LogP contribution in [0.1, 0.15) is 26.5 Å². The summed E-state index contributed by atoms with van der Waals surface area (Å²) in [6, 6.07) is 11.1. The summed E-state index contributed by atoms with van der Waals surface area (Å²) in [5, 5.41) is 5.25. The maximum absolute atomic E-state index is 12.8. The van der Waals surface area contributed by atoms with Crippen molar-refractivity contribution < 1.29 is 42.5 Å². The van der Waals surface area contributed by atoms with E-state index < -0.39 is 24.4 Å². The lowest BCUT2D eigenvalue weighted by atomic mass is 10.1. The third-order valence-electron chi connectivity index (χ3n) is 5.00. The first kappa shape index (κ1) is 23.5. The number of ether oxygens (including phenoxy) is 5. The predicted molar refractivity (Wildman–Crippen MR) is 121 cm³/mol. The van der Waals surface area contributed by atoms with Crippen molar-refractivity contribution >= 4 is 23.5 Å². The molecule has 0 radical (unpaired) electrons. The van der Waals surface area contributed by atoms with E-state index in [1.165, 1.54) is 38.7 Å². The van der Waals surface area contributed by atoms with Gasteiger partial charge in [0.15, 0.2) is 35.4 Å². The molecule has 0 fully saturated rings. The van der Waals surface area contributed by atoms with Crippen molar-refractivity contribution in [1.82, 2.24) is 5.32 Å². The molecule has 35 heavy (non-hydrogen) atoms. The van der Waals surface area contributed by atoms with Crippen LogP contribution in [0.15, 0.2) is 53.1 Å². The van der Waals surface area contributed by atoms with Crippen molar-refractivity contribution in [2.75, 3.05) is 32.9 Å². The molecule has 0 spiro atoms. The molecule has 3 aromatic rings. The molecule has 2 aromatic carbocycles. The first-order chi connectivity index (χ1) is 17.0. The molecule has 2 N–H and O–H groups in total. The molecule has 1 aliphatic rings. The highest BCUT2D eigenvalue weighted by molar-refractivity contribution is 6.07. The molecule has 0 bridgehead atoms. The Balaban J connectivity index is 1.41. The van der Waals surface area contributed by atoms with Gasteiger partial charge >= 0.3 is 5.97 Å². The highest BCUT2D eigenvalue weighted by Crippen LogP contribution is 2.34. The molecule has 1 aliphatic heterocycles. The van der Waals surface area contributed by atoms with Crippen LogP contribution in [0.2, 0.25) is 0 Å². The molecule has 0 saturated carbocycles. The molecule has 2 amide bonds. The molecular weight excluding hydrogens is 460 g/mol. The molecule has 0 atom stereocenters. The van der Waals surface area contributed by atoms with Gasteiger partial charge in [-0.3, -0.25) is 9.59 Å². The van der Waals surface area contributed by atoms with Gasteiger partial charge in [0.05, 0.1) is 31.7 Å². The molecule has 0 saturated heterocycles. The van der Waals surface area contributed by atoms with E-state index in [1.54, 1.807) is 24.3 Å². The minimum atomic E-state index is -0.848. The van der Waals surface area contributed by atoms with Crippen molar-refractivity contribution in [3.8, 4) is 23.0 Å². The Morgan fingerprint density at radius 1 is 0.971 bits per heavy atom. The summed E-state index contributed by atoms with van der Waals surface area (Å²) in [6.45, 7) is -0.182. The summed E-state index contributed by atoms with van der Waals surface area (Å²) in [5.41, 5.74) is 0.845. The summed E-state index contributed by atoms with van der Waals surface area (Å²) in [4.78, 5) is 37.5. The standard InChI is InChI=1S/C24H22N2O9/c1-30-19-9-15(16(10-20(19)31-2)26-23(28)18-4-3-7-32-18)24(29)33-12-22(27)25-11-14-5-6-17-21(8-14)35-13-34-17/h3-10H,11-13H2,1-2H3,(H,25,27)(H,26,28). The zero-order valence-electron chi connectivity index (χ0n) is 18.9. The third kappa shape index (κ3) is 5.46. The second-order valence-electron chi connectivity index (χ2n) is 7.22. The SMILES string of the molecule is COc1cc(NC(=O)c2ccco2)c(C(=O)OCC(=O)NCc2ccc3c(c2)OCO3)cc1OC.